The van der Waals surface area contributed by atoms with Gasteiger partial charge in [-0.3, -0.25) is 4.79 Å². The molecule has 1 rings (SSSR count). The van der Waals surface area contributed by atoms with Crippen molar-refractivity contribution in [3.05, 3.63) is 35.9 Å². The molecule has 0 spiro atoms. The number of amides is 1. The van der Waals surface area contributed by atoms with Crippen molar-refractivity contribution >= 4 is 5.91 Å². The quantitative estimate of drug-likeness (QED) is 0.742. The number of carbonyl (C=O) groups excluding carboxylic acids is 1. The highest BCUT2D eigenvalue weighted by molar-refractivity contribution is 5.81. The Kier molecular flexibility index (Phi) is 6.52. The molecule has 0 fully saturated rings. The number of ether oxygens (including phenoxy) is 1. The van der Waals surface area contributed by atoms with E-state index < -0.39 is 5.92 Å². The van der Waals surface area contributed by atoms with Gasteiger partial charge in [-0.2, -0.15) is 5.26 Å². The van der Waals surface area contributed by atoms with Crippen molar-refractivity contribution in [3.8, 4) is 6.07 Å². The molecule has 4 nitrogen and oxygen atoms in total. The summed E-state index contributed by atoms with van der Waals surface area (Å²) >= 11 is 0. The summed E-state index contributed by atoms with van der Waals surface area (Å²) in [5.41, 5.74) is 0.990. The molecule has 0 saturated carbocycles. The highest BCUT2D eigenvalue weighted by atomic mass is 16.5. The summed E-state index contributed by atoms with van der Waals surface area (Å²) < 4.78 is 5.12. The maximum absolute atomic E-state index is 11.8. The van der Waals surface area contributed by atoms with Crippen LogP contribution in [0.5, 0.6) is 0 Å². The number of nitrogens with one attached hydrogen (secondary N) is 1. The van der Waals surface area contributed by atoms with Crippen LogP contribution in [-0.4, -0.2) is 25.7 Å². The van der Waals surface area contributed by atoms with Gasteiger partial charge in [0.2, 0.25) is 5.91 Å². The average Bonchev–Trinajstić information content (AvgIpc) is 2.42. The SMILES string of the molecule is CCOCCNC(=O)C(C#N)Cc1ccccc1. The standard InChI is InChI=1S/C14H18N2O2/c1-2-18-9-8-16-14(17)13(11-15)10-12-6-4-3-5-7-12/h3-7,13H,2,8-10H2,1H3,(H,16,17). The number of rotatable bonds is 7. The fraction of sp³-hybridized carbons (Fsp3) is 0.429. The predicted octanol–water partition coefficient (Wildman–Crippen LogP) is 1.52. The van der Waals surface area contributed by atoms with Crippen LogP contribution in [0.2, 0.25) is 0 Å². The Labute approximate surface area is 108 Å². The van der Waals surface area contributed by atoms with Crippen molar-refractivity contribution in [2.75, 3.05) is 19.8 Å². The first-order valence-electron chi connectivity index (χ1n) is 6.07. The number of hydrogen-bond acceptors (Lipinski definition) is 3. The van der Waals surface area contributed by atoms with E-state index in [1.165, 1.54) is 0 Å². The second-order valence-electron chi connectivity index (χ2n) is 3.86. The monoisotopic (exact) mass is 246 g/mol. The Morgan fingerprint density at radius 2 is 2.17 bits per heavy atom. The number of nitrogens with zero attached hydrogens (tertiary/aromatic N) is 1. The molecule has 4 heteroatoms. The molecule has 0 bridgehead atoms. The zero-order valence-electron chi connectivity index (χ0n) is 10.6. The molecule has 1 aromatic carbocycles. The van der Waals surface area contributed by atoms with Crippen LogP contribution in [0.25, 0.3) is 0 Å². The molecule has 0 heterocycles. The topological polar surface area (TPSA) is 62.1 Å². The highest BCUT2D eigenvalue weighted by Gasteiger charge is 2.17. The smallest absolute Gasteiger partial charge is 0.237 e. The molecule has 1 atom stereocenters. The minimum atomic E-state index is -0.644. The Hall–Kier alpha value is -1.86. The van der Waals surface area contributed by atoms with Crippen LogP contribution in [0.4, 0.5) is 0 Å². The predicted molar refractivity (Wildman–Crippen MR) is 68.8 cm³/mol. The number of benzene rings is 1. The molecule has 0 aliphatic heterocycles. The van der Waals surface area contributed by atoms with Crippen molar-refractivity contribution in [1.29, 1.82) is 5.26 Å². The van der Waals surface area contributed by atoms with E-state index >= 15 is 0 Å². The molecule has 1 unspecified atom stereocenters. The maximum atomic E-state index is 11.8. The number of hydrogen-bond donors (Lipinski definition) is 1. The van der Waals surface area contributed by atoms with Gasteiger partial charge in [0.25, 0.3) is 0 Å². The Morgan fingerprint density at radius 3 is 2.78 bits per heavy atom. The Morgan fingerprint density at radius 1 is 1.44 bits per heavy atom. The van der Waals surface area contributed by atoms with Crippen LogP contribution in [0, 0.1) is 17.2 Å². The van der Waals surface area contributed by atoms with Crippen LogP contribution in [-0.2, 0) is 16.0 Å². The summed E-state index contributed by atoms with van der Waals surface area (Å²) in [6.45, 7) is 3.45. The molecule has 1 N–H and O–H groups in total. The van der Waals surface area contributed by atoms with Crippen molar-refractivity contribution in [2.24, 2.45) is 5.92 Å². The summed E-state index contributed by atoms with van der Waals surface area (Å²) in [7, 11) is 0. The third-order valence-electron chi connectivity index (χ3n) is 2.50. The molecule has 1 amide bonds. The van der Waals surface area contributed by atoms with Gasteiger partial charge in [-0.15, -0.1) is 0 Å². The van der Waals surface area contributed by atoms with Gasteiger partial charge < -0.3 is 10.1 Å². The van der Waals surface area contributed by atoms with Gasteiger partial charge in [0.05, 0.1) is 12.7 Å². The molecular formula is C14H18N2O2. The number of carbonyl (C=O) groups is 1. The fourth-order valence-corrected chi connectivity index (χ4v) is 1.56. The van der Waals surface area contributed by atoms with E-state index in [1.807, 2.05) is 43.3 Å². The fourth-order valence-electron chi connectivity index (χ4n) is 1.56. The van der Waals surface area contributed by atoms with Gasteiger partial charge in [-0.1, -0.05) is 30.3 Å². The zero-order valence-corrected chi connectivity index (χ0v) is 10.6. The first-order valence-corrected chi connectivity index (χ1v) is 6.07. The molecule has 0 aliphatic carbocycles. The van der Waals surface area contributed by atoms with Gasteiger partial charge in [-0.25, -0.2) is 0 Å². The van der Waals surface area contributed by atoms with Crippen molar-refractivity contribution in [3.63, 3.8) is 0 Å². The first-order chi connectivity index (χ1) is 8.77. The van der Waals surface area contributed by atoms with Gasteiger partial charge in [0.15, 0.2) is 0 Å². The van der Waals surface area contributed by atoms with E-state index in [4.69, 9.17) is 10.00 Å². The Bertz CT molecular complexity index is 398. The molecule has 0 radical (unpaired) electrons. The lowest BCUT2D eigenvalue weighted by Crippen LogP contribution is -2.33. The van der Waals surface area contributed by atoms with E-state index in [0.29, 0.717) is 26.2 Å². The molecular weight excluding hydrogens is 228 g/mol. The summed E-state index contributed by atoms with van der Waals surface area (Å²) in [6.07, 6.45) is 0.442. The Balaban J connectivity index is 2.41. The average molecular weight is 246 g/mol. The van der Waals surface area contributed by atoms with E-state index in [1.54, 1.807) is 0 Å². The summed E-state index contributed by atoms with van der Waals surface area (Å²) in [5, 5.41) is 11.7. The lowest BCUT2D eigenvalue weighted by molar-refractivity contribution is -0.123. The van der Waals surface area contributed by atoms with Gasteiger partial charge in [0, 0.05) is 13.2 Å². The largest absolute Gasteiger partial charge is 0.380 e. The molecule has 0 aliphatic rings. The van der Waals surface area contributed by atoms with Crippen molar-refractivity contribution in [2.45, 2.75) is 13.3 Å². The second kappa shape index (κ2) is 8.26. The normalized spacial score (nSPS) is 11.6. The minimum Gasteiger partial charge on any atom is -0.380 e. The minimum absolute atomic E-state index is 0.235. The van der Waals surface area contributed by atoms with E-state index in [-0.39, 0.29) is 5.91 Å². The summed E-state index contributed by atoms with van der Waals surface area (Å²) in [6, 6.07) is 11.6. The lowest BCUT2D eigenvalue weighted by Gasteiger charge is -2.10. The van der Waals surface area contributed by atoms with Crippen LogP contribution in [0.1, 0.15) is 12.5 Å². The first kappa shape index (κ1) is 14.2. The van der Waals surface area contributed by atoms with Gasteiger partial charge in [0.1, 0.15) is 5.92 Å². The van der Waals surface area contributed by atoms with Gasteiger partial charge in [-0.05, 0) is 18.9 Å². The second-order valence-corrected chi connectivity index (χ2v) is 3.86. The van der Waals surface area contributed by atoms with Crippen LogP contribution in [0.15, 0.2) is 30.3 Å². The van der Waals surface area contributed by atoms with Crippen LogP contribution in [0.3, 0.4) is 0 Å². The highest BCUT2D eigenvalue weighted by Crippen LogP contribution is 2.08. The lowest BCUT2D eigenvalue weighted by atomic mass is 10.00. The molecule has 96 valence electrons. The van der Waals surface area contributed by atoms with E-state index in [9.17, 15) is 4.79 Å². The molecule has 0 aromatic heterocycles. The number of nitriles is 1. The third kappa shape index (κ3) is 4.98. The van der Waals surface area contributed by atoms with Crippen LogP contribution < -0.4 is 5.32 Å². The van der Waals surface area contributed by atoms with Crippen molar-refractivity contribution < 1.29 is 9.53 Å². The summed E-state index contributed by atoms with van der Waals surface area (Å²) in [4.78, 5) is 11.8. The van der Waals surface area contributed by atoms with Crippen LogP contribution >= 0.6 is 0 Å². The van der Waals surface area contributed by atoms with Crippen molar-refractivity contribution in [1.82, 2.24) is 5.32 Å². The molecule has 0 saturated heterocycles. The molecule has 1 aromatic rings. The van der Waals surface area contributed by atoms with E-state index in [0.717, 1.165) is 5.56 Å². The summed E-state index contributed by atoms with van der Waals surface area (Å²) in [5.74, 6) is -0.880. The zero-order chi connectivity index (χ0) is 13.2. The maximum Gasteiger partial charge on any atom is 0.237 e. The third-order valence-corrected chi connectivity index (χ3v) is 2.50. The molecule has 18 heavy (non-hydrogen) atoms. The van der Waals surface area contributed by atoms with Gasteiger partial charge >= 0.3 is 0 Å². The van der Waals surface area contributed by atoms with E-state index in [2.05, 4.69) is 5.32 Å².